The summed E-state index contributed by atoms with van der Waals surface area (Å²) in [6.45, 7) is 3.29. The summed E-state index contributed by atoms with van der Waals surface area (Å²) in [5, 5.41) is 37.7. The molecule has 4 unspecified atom stereocenters. The van der Waals surface area contributed by atoms with Crippen molar-refractivity contribution in [3.8, 4) is 18.2 Å². The number of rotatable bonds is 1. The first-order valence-electron chi connectivity index (χ1n) is 7.01. The predicted molar refractivity (Wildman–Crippen MR) is 76.1 cm³/mol. The van der Waals surface area contributed by atoms with Crippen LogP contribution < -0.4 is 0 Å². The van der Waals surface area contributed by atoms with Crippen molar-refractivity contribution in [2.75, 3.05) is 0 Å². The molecule has 2 bridgehead atoms. The quantitative estimate of drug-likeness (QED) is 0.846. The lowest BCUT2D eigenvalue weighted by atomic mass is 9.54. The standard InChI is InChI=1S/C16H13N5O2/c1-10-14(2)22-12(11-3-5-21-6-4-11)15(7-17,8-18)16(10,9-19)13(20)23-14/h3-6,10,12,20H,1-2H3. The number of ether oxygens (including phenoxy) is 2. The number of fused-ring (bicyclic) bond motifs is 2. The molecule has 7 nitrogen and oxygen atoms in total. The van der Waals surface area contributed by atoms with E-state index in [1.165, 1.54) is 12.4 Å². The van der Waals surface area contributed by atoms with Crippen molar-refractivity contribution in [1.29, 1.82) is 21.2 Å². The van der Waals surface area contributed by atoms with Crippen LogP contribution in [-0.2, 0) is 9.47 Å². The molecule has 0 amide bonds. The van der Waals surface area contributed by atoms with Gasteiger partial charge < -0.3 is 9.47 Å². The van der Waals surface area contributed by atoms with Crippen LogP contribution in [0.15, 0.2) is 24.5 Å². The third-order valence-corrected chi connectivity index (χ3v) is 5.00. The summed E-state index contributed by atoms with van der Waals surface area (Å²) in [5.41, 5.74) is -3.05. The van der Waals surface area contributed by atoms with Crippen molar-refractivity contribution in [2.45, 2.75) is 25.7 Å². The van der Waals surface area contributed by atoms with E-state index in [-0.39, 0.29) is 0 Å². The van der Waals surface area contributed by atoms with Gasteiger partial charge in [0.05, 0.1) is 24.1 Å². The van der Waals surface area contributed by atoms with E-state index in [2.05, 4.69) is 4.98 Å². The molecule has 0 spiro atoms. The van der Waals surface area contributed by atoms with Crippen molar-refractivity contribution < 1.29 is 9.47 Å². The van der Waals surface area contributed by atoms with Gasteiger partial charge in [-0.2, -0.15) is 15.8 Å². The second-order valence-corrected chi connectivity index (χ2v) is 5.90. The molecule has 7 heteroatoms. The fraction of sp³-hybridized carbons (Fsp3) is 0.438. The van der Waals surface area contributed by atoms with Crippen LogP contribution in [0.25, 0.3) is 0 Å². The second-order valence-electron chi connectivity index (χ2n) is 5.90. The molecular formula is C16H13N5O2. The van der Waals surface area contributed by atoms with E-state index in [9.17, 15) is 15.8 Å². The van der Waals surface area contributed by atoms with E-state index in [4.69, 9.17) is 14.9 Å². The summed E-state index contributed by atoms with van der Waals surface area (Å²) in [4.78, 5) is 3.92. The average Bonchev–Trinajstić information content (AvgIpc) is 2.71. The smallest absolute Gasteiger partial charge is 0.214 e. The maximum Gasteiger partial charge on any atom is 0.214 e. The Bertz CT molecular complexity index is 788. The van der Waals surface area contributed by atoms with Crippen molar-refractivity contribution in [1.82, 2.24) is 4.98 Å². The largest absolute Gasteiger partial charge is 0.448 e. The second kappa shape index (κ2) is 4.52. The minimum atomic E-state index is -1.89. The van der Waals surface area contributed by atoms with E-state index in [0.717, 1.165) is 0 Å². The average molecular weight is 307 g/mol. The number of pyridine rings is 1. The molecule has 1 aromatic rings. The minimum Gasteiger partial charge on any atom is -0.448 e. The van der Waals surface area contributed by atoms with Crippen LogP contribution in [-0.4, -0.2) is 16.7 Å². The Morgan fingerprint density at radius 1 is 1.17 bits per heavy atom. The molecule has 23 heavy (non-hydrogen) atoms. The van der Waals surface area contributed by atoms with E-state index in [1.807, 2.05) is 18.2 Å². The van der Waals surface area contributed by atoms with E-state index >= 15 is 0 Å². The molecule has 1 aromatic heterocycles. The third kappa shape index (κ3) is 1.49. The van der Waals surface area contributed by atoms with Crippen LogP contribution in [0, 0.1) is 56.2 Å². The van der Waals surface area contributed by atoms with Gasteiger partial charge in [0.1, 0.15) is 6.10 Å². The molecule has 3 rings (SSSR count). The van der Waals surface area contributed by atoms with Crippen LogP contribution in [0.3, 0.4) is 0 Å². The SMILES string of the molecule is CC1C2(C)OC(=N)C1(C#N)C(C#N)(C#N)C(c1ccncc1)O2. The molecule has 2 fully saturated rings. The number of hydrogen-bond donors (Lipinski definition) is 1. The highest BCUT2D eigenvalue weighted by Crippen LogP contribution is 2.66. The van der Waals surface area contributed by atoms with Crippen LogP contribution in [0.1, 0.15) is 25.5 Å². The van der Waals surface area contributed by atoms with Gasteiger partial charge in [-0.25, -0.2) is 0 Å². The molecule has 2 saturated heterocycles. The number of aromatic nitrogens is 1. The van der Waals surface area contributed by atoms with Crippen molar-refractivity contribution in [3.63, 3.8) is 0 Å². The Morgan fingerprint density at radius 2 is 1.78 bits per heavy atom. The monoisotopic (exact) mass is 307 g/mol. The number of nitrogens with one attached hydrogen (secondary N) is 1. The zero-order chi connectivity index (χ0) is 16.9. The van der Waals surface area contributed by atoms with Crippen LogP contribution in [0.5, 0.6) is 0 Å². The summed E-state index contributed by atoms with van der Waals surface area (Å²) in [5.74, 6) is -2.29. The zero-order valence-corrected chi connectivity index (χ0v) is 12.6. The molecular weight excluding hydrogens is 294 g/mol. The summed E-state index contributed by atoms with van der Waals surface area (Å²) in [7, 11) is 0. The van der Waals surface area contributed by atoms with E-state index < -0.39 is 34.5 Å². The Hall–Kier alpha value is -2.95. The number of hydrogen-bond acceptors (Lipinski definition) is 7. The highest BCUT2D eigenvalue weighted by atomic mass is 16.7. The molecule has 0 aromatic carbocycles. The van der Waals surface area contributed by atoms with Gasteiger partial charge in [-0.3, -0.25) is 10.4 Å². The summed E-state index contributed by atoms with van der Waals surface area (Å²) in [6.07, 6.45) is 2.02. The van der Waals surface area contributed by atoms with Gasteiger partial charge in [-0.05, 0) is 17.7 Å². The molecule has 2 aliphatic heterocycles. The molecule has 0 saturated carbocycles. The molecule has 114 valence electrons. The van der Waals surface area contributed by atoms with Crippen LogP contribution in [0.2, 0.25) is 0 Å². The predicted octanol–water partition coefficient (Wildman–Crippen LogP) is 2.06. The Morgan fingerprint density at radius 3 is 2.30 bits per heavy atom. The first kappa shape index (κ1) is 15.0. The Kier molecular flexibility index (Phi) is 2.94. The highest BCUT2D eigenvalue weighted by Gasteiger charge is 2.78. The Labute approximate surface area is 133 Å². The molecule has 4 atom stereocenters. The summed E-state index contributed by atoms with van der Waals surface area (Å²) < 4.78 is 11.5. The normalized spacial score (nSPS) is 37.1. The van der Waals surface area contributed by atoms with Gasteiger partial charge in [-0.1, -0.05) is 6.92 Å². The van der Waals surface area contributed by atoms with E-state index in [1.54, 1.807) is 26.0 Å². The third-order valence-electron chi connectivity index (χ3n) is 5.00. The van der Waals surface area contributed by atoms with Crippen molar-refractivity contribution in [3.05, 3.63) is 30.1 Å². The maximum atomic E-state index is 9.85. The molecule has 3 heterocycles. The number of nitriles is 3. The number of nitrogens with zero attached hydrogens (tertiary/aromatic N) is 4. The van der Waals surface area contributed by atoms with Gasteiger partial charge in [-0.15, -0.1) is 0 Å². The molecule has 1 N–H and O–H groups in total. The van der Waals surface area contributed by atoms with Crippen molar-refractivity contribution >= 4 is 5.90 Å². The van der Waals surface area contributed by atoms with Gasteiger partial charge in [0.2, 0.25) is 17.1 Å². The molecule has 0 aliphatic carbocycles. The lowest BCUT2D eigenvalue weighted by Crippen LogP contribution is -2.57. The topological polar surface area (TPSA) is 127 Å². The fourth-order valence-electron chi connectivity index (χ4n) is 3.55. The maximum absolute atomic E-state index is 9.85. The Balaban J connectivity index is 2.34. The zero-order valence-electron chi connectivity index (χ0n) is 12.6. The van der Waals surface area contributed by atoms with Crippen LogP contribution in [0.4, 0.5) is 0 Å². The van der Waals surface area contributed by atoms with Gasteiger partial charge in [0.25, 0.3) is 0 Å². The summed E-state index contributed by atoms with van der Waals surface area (Å²) >= 11 is 0. The van der Waals surface area contributed by atoms with E-state index in [0.29, 0.717) is 5.56 Å². The lowest BCUT2D eigenvalue weighted by Gasteiger charge is -2.47. The molecule has 0 radical (unpaired) electrons. The van der Waals surface area contributed by atoms with Gasteiger partial charge in [0, 0.05) is 19.3 Å². The van der Waals surface area contributed by atoms with Crippen LogP contribution >= 0.6 is 0 Å². The lowest BCUT2D eigenvalue weighted by molar-refractivity contribution is -0.268. The minimum absolute atomic E-state index is 0.394. The first-order valence-corrected chi connectivity index (χ1v) is 7.01. The molecule has 2 aliphatic rings. The van der Waals surface area contributed by atoms with Gasteiger partial charge in [0.15, 0.2) is 5.41 Å². The summed E-state index contributed by atoms with van der Waals surface area (Å²) in [6, 6.07) is 9.22. The fourth-order valence-corrected chi connectivity index (χ4v) is 3.55. The van der Waals surface area contributed by atoms with Gasteiger partial charge >= 0.3 is 0 Å². The highest BCUT2D eigenvalue weighted by molar-refractivity contribution is 5.89. The first-order chi connectivity index (χ1) is 10.9. The van der Waals surface area contributed by atoms with Crippen molar-refractivity contribution in [2.24, 2.45) is 16.7 Å².